The quantitative estimate of drug-likeness (QED) is 0.190. The van der Waals surface area contributed by atoms with Gasteiger partial charge in [-0.2, -0.15) is 0 Å². The summed E-state index contributed by atoms with van der Waals surface area (Å²) in [5.74, 6) is -4.36. The largest absolute Gasteiger partial charge is 0.355 e. The Bertz CT molecular complexity index is 1650. The van der Waals surface area contributed by atoms with E-state index in [1.54, 1.807) is 24.3 Å². The van der Waals surface area contributed by atoms with Crippen LogP contribution < -0.4 is 10.6 Å². The summed E-state index contributed by atoms with van der Waals surface area (Å²) in [7, 11) is 0. The second kappa shape index (κ2) is 11.6. The van der Waals surface area contributed by atoms with Crippen molar-refractivity contribution in [1.82, 2.24) is 0 Å². The van der Waals surface area contributed by atoms with E-state index in [-0.39, 0.29) is 11.4 Å². The maximum absolute atomic E-state index is 15.1. The van der Waals surface area contributed by atoms with E-state index in [9.17, 15) is 0 Å². The molecule has 0 atom stereocenters. The molecule has 0 saturated carbocycles. The summed E-state index contributed by atoms with van der Waals surface area (Å²) in [6.45, 7) is 0. The normalized spacial score (nSPS) is 10.9. The van der Waals surface area contributed by atoms with E-state index in [1.807, 2.05) is 84.9 Å². The van der Waals surface area contributed by atoms with E-state index in [2.05, 4.69) is 10.6 Å². The Balaban J connectivity index is 1.20. The second-order valence-electron chi connectivity index (χ2n) is 9.77. The highest BCUT2D eigenvalue weighted by atomic mass is 19.1. The molecule has 0 aromatic heterocycles. The summed E-state index contributed by atoms with van der Waals surface area (Å²) < 4.78 is 60.6. The van der Waals surface area contributed by atoms with Crippen molar-refractivity contribution in [3.05, 3.63) is 157 Å². The van der Waals surface area contributed by atoms with Crippen LogP contribution in [0.3, 0.4) is 0 Å². The molecule has 0 aliphatic rings. The van der Waals surface area contributed by atoms with Crippen LogP contribution in [0.1, 0.15) is 0 Å². The molecule has 0 heterocycles. The van der Waals surface area contributed by atoms with Crippen LogP contribution in [0.2, 0.25) is 0 Å². The van der Waals surface area contributed by atoms with Crippen LogP contribution in [-0.2, 0) is 0 Å². The van der Waals surface area contributed by atoms with E-state index in [1.165, 1.54) is 0 Å². The average molecular weight is 561 g/mol. The Morgan fingerprint density at radius 3 is 0.905 bits per heavy atom. The number of rotatable bonds is 7. The molecule has 206 valence electrons. The summed E-state index contributed by atoms with van der Waals surface area (Å²) in [6.07, 6.45) is 0. The monoisotopic (exact) mass is 560 g/mol. The van der Waals surface area contributed by atoms with E-state index in [0.717, 1.165) is 46.5 Å². The Morgan fingerprint density at radius 1 is 0.310 bits per heavy atom. The molecule has 42 heavy (non-hydrogen) atoms. The number of nitrogens with one attached hydrogen (secondary N) is 2. The first-order chi connectivity index (χ1) is 20.4. The van der Waals surface area contributed by atoms with E-state index < -0.39 is 34.4 Å². The molecule has 0 bridgehead atoms. The lowest BCUT2D eigenvalue weighted by molar-refractivity contribution is 0.564. The molecule has 2 N–H and O–H groups in total. The lowest BCUT2D eigenvalue weighted by Gasteiger charge is -2.14. The fraction of sp³-hybridized carbons (Fsp3) is 0. The fourth-order valence-corrected chi connectivity index (χ4v) is 4.85. The van der Waals surface area contributed by atoms with Crippen molar-refractivity contribution in [1.29, 1.82) is 0 Å². The molecule has 6 aromatic carbocycles. The van der Waals surface area contributed by atoms with Gasteiger partial charge in [0.1, 0.15) is 23.3 Å². The van der Waals surface area contributed by atoms with Crippen LogP contribution in [0.25, 0.3) is 33.4 Å². The first-order valence-electron chi connectivity index (χ1n) is 13.3. The predicted octanol–water partition coefficient (Wildman–Crippen LogP) is 10.7. The molecule has 0 saturated heterocycles. The summed E-state index contributed by atoms with van der Waals surface area (Å²) in [5.41, 5.74) is 3.94. The van der Waals surface area contributed by atoms with Crippen molar-refractivity contribution in [3.8, 4) is 33.4 Å². The molecule has 0 aliphatic heterocycles. The third kappa shape index (κ3) is 5.74. The van der Waals surface area contributed by atoms with Crippen molar-refractivity contribution in [2.24, 2.45) is 0 Å². The third-order valence-corrected chi connectivity index (χ3v) is 6.90. The number of benzene rings is 6. The average Bonchev–Trinajstić information content (AvgIpc) is 3.00. The highest BCUT2D eigenvalue weighted by Gasteiger charge is 2.22. The van der Waals surface area contributed by atoms with Gasteiger partial charge in [0.15, 0.2) is 0 Å². The molecule has 6 aromatic rings. The van der Waals surface area contributed by atoms with Crippen LogP contribution in [-0.4, -0.2) is 0 Å². The molecule has 0 fully saturated rings. The smallest absolute Gasteiger partial charge is 0.136 e. The molecule has 0 amide bonds. The lowest BCUT2D eigenvalue weighted by atomic mass is 10.0. The minimum Gasteiger partial charge on any atom is -0.355 e. The van der Waals surface area contributed by atoms with Crippen molar-refractivity contribution in [2.45, 2.75) is 0 Å². The summed E-state index contributed by atoms with van der Waals surface area (Å²) >= 11 is 0. The molecule has 6 heteroatoms. The number of halogens is 4. The van der Waals surface area contributed by atoms with Gasteiger partial charge in [-0.3, -0.25) is 0 Å². The van der Waals surface area contributed by atoms with E-state index >= 15 is 17.6 Å². The van der Waals surface area contributed by atoms with Gasteiger partial charge >= 0.3 is 0 Å². The Labute approximate surface area is 240 Å². The number of hydrogen-bond acceptors (Lipinski definition) is 2. The van der Waals surface area contributed by atoms with Crippen molar-refractivity contribution in [3.63, 3.8) is 0 Å². The summed E-state index contributed by atoms with van der Waals surface area (Å²) in [4.78, 5) is 0. The van der Waals surface area contributed by atoms with Gasteiger partial charge in [-0.05, 0) is 70.8 Å². The van der Waals surface area contributed by atoms with E-state index in [0.29, 0.717) is 11.4 Å². The second-order valence-corrected chi connectivity index (χ2v) is 9.77. The van der Waals surface area contributed by atoms with Crippen LogP contribution in [0, 0.1) is 23.3 Å². The van der Waals surface area contributed by atoms with Crippen LogP contribution in [0.15, 0.2) is 133 Å². The molecule has 0 unspecified atom stereocenters. The first-order valence-corrected chi connectivity index (χ1v) is 13.3. The zero-order chi connectivity index (χ0) is 29.1. The zero-order valence-electron chi connectivity index (χ0n) is 22.2. The highest BCUT2D eigenvalue weighted by Crippen LogP contribution is 2.36. The van der Waals surface area contributed by atoms with Gasteiger partial charge in [-0.1, -0.05) is 84.9 Å². The molecule has 6 rings (SSSR count). The van der Waals surface area contributed by atoms with Gasteiger partial charge < -0.3 is 10.6 Å². The van der Waals surface area contributed by atoms with E-state index in [4.69, 9.17) is 0 Å². The molecular formula is C36H24F4N2. The maximum Gasteiger partial charge on any atom is 0.136 e. The molecule has 0 aliphatic carbocycles. The van der Waals surface area contributed by atoms with Crippen LogP contribution in [0.4, 0.5) is 40.3 Å². The third-order valence-electron chi connectivity index (χ3n) is 6.90. The fourth-order valence-electron chi connectivity index (χ4n) is 4.85. The Morgan fingerprint density at radius 2 is 0.595 bits per heavy atom. The predicted molar refractivity (Wildman–Crippen MR) is 162 cm³/mol. The van der Waals surface area contributed by atoms with Crippen molar-refractivity contribution in [2.75, 3.05) is 10.6 Å². The van der Waals surface area contributed by atoms with Gasteiger partial charge in [0.25, 0.3) is 0 Å². The van der Waals surface area contributed by atoms with Gasteiger partial charge in [0, 0.05) is 22.7 Å². The lowest BCUT2D eigenvalue weighted by Crippen LogP contribution is -2.01. The Kier molecular flexibility index (Phi) is 7.43. The highest BCUT2D eigenvalue weighted by molar-refractivity contribution is 5.75. The minimum atomic E-state index is -1.09. The minimum absolute atomic E-state index is 0.110. The molecule has 0 spiro atoms. The maximum atomic E-state index is 15.1. The van der Waals surface area contributed by atoms with Crippen LogP contribution >= 0.6 is 0 Å². The van der Waals surface area contributed by atoms with Gasteiger partial charge in [0.2, 0.25) is 0 Å². The molecule has 2 nitrogen and oxygen atoms in total. The first kappa shape index (κ1) is 26.8. The standard InChI is InChI=1S/C36H24F4N2/c37-31-19-29(41-27-15-11-25(12-16-27)23-7-3-1-4-8-23)20-32(38)35(31)36-33(39)21-30(22-34(36)40)42-28-17-13-26(14-18-28)24-9-5-2-6-10-24/h1-22,41-42H. The summed E-state index contributed by atoms with van der Waals surface area (Å²) in [6, 6.07) is 38.3. The number of hydrogen-bond donors (Lipinski definition) is 2. The van der Waals surface area contributed by atoms with Crippen molar-refractivity contribution < 1.29 is 17.6 Å². The molecule has 0 radical (unpaired) electrons. The number of anilines is 4. The van der Waals surface area contributed by atoms with Gasteiger partial charge in [-0.25, -0.2) is 17.6 Å². The topological polar surface area (TPSA) is 24.1 Å². The SMILES string of the molecule is Fc1cc(Nc2ccc(-c3ccccc3)cc2)cc(F)c1-c1c(F)cc(Nc2ccc(-c3ccccc3)cc2)cc1F. The van der Waals surface area contributed by atoms with Gasteiger partial charge in [-0.15, -0.1) is 0 Å². The van der Waals surface area contributed by atoms with Crippen molar-refractivity contribution >= 4 is 22.7 Å². The Hall–Kier alpha value is -5.36. The zero-order valence-corrected chi connectivity index (χ0v) is 22.2. The molecular weight excluding hydrogens is 536 g/mol. The van der Waals surface area contributed by atoms with Crippen LogP contribution in [0.5, 0.6) is 0 Å². The van der Waals surface area contributed by atoms with Gasteiger partial charge in [0.05, 0.1) is 11.1 Å². The summed E-state index contributed by atoms with van der Waals surface area (Å²) in [5, 5.41) is 5.89.